The second kappa shape index (κ2) is 14.8. The summed E-state index contributed by atoms with van der Waals surface area (Å²) in [5, 5.41) is 14.6. The maximum atomic E-state index is 11.7. The van der Waals surface area contributed by atoms with Crippen molar-refractivity contribution in [2.75, 3.05) is 4.90 Å². The van der Waals surface area contributed by atoms with E-state index in [1.54, 1.807) is 0 Å². The molecule has 0 saturated heterocycles. The number of ketones is 1. The van der Waals surface area contributed by atoms with Crippen molar-refractivity contribution in [1.29, 1.82) is 0 Å². The number of aryl methyl sites for hydroxylation is 1. The van der Waals surface area contributed by atoms with E-state index in [4.69, 9.17) is 4.98 Å². The SMILES string of the molecule is CCC(CC)C(=O)/C=C(\O)C(CC)CC.Cc1cccc2c3c(ncc12)-c1[c-]ccc2cccc(c12)N3c1ccccc1.[Ir]. The van der Waals surface area contributed by atoms with Crippen molar-refractivity contribution in [3.8, 4) is 11.3 Å². The van der Waals surface area contributed by atoms with Gasteiger partial charge in [0.05, 0.1) is 5.76 Å². The minimum Gasteiger partial charge on any atom is -0.512 e. The van der Waals surface area contributed by atoms with Crippen LogP contribution in [0.2, 0.25) is 0 Å². The monoisotopic (exact) mass is 762 g/mol. The number of allylic oxidation sites excluding steroid dienone is 2. The molecule has 6 rings (SSSR count). The predicted octanol–water partition coefficient (Wildman–Crippen LogP) is 10.8. The number of aliphatic hydroxyl groups is 1. The molecule has 5 aromatic rings. The number of rotatable bonds is 8. The van der Waals surface area contributed by atoms with Crippen molar-refractivity contribution in [3.05, 3.63) is 109 Å². The molecule has 4 nitrogen and oxygen atoms in total. The summed E-state index contributed by atoms with van der Waals surface area (Å²) in [5.41, 5.74) is 6.77. The zero-order valence-electron chi connectivity index (χ0n) is 26.2. The van der Waals surface area contributed by atoms with Crippen LogP contribution in [0.15, 0.2) is 96.9 Å². The van der Waals surface area contributed by atoms with Crippen LogP contribution in [-0.2, 0) is 24.9 Å². The number of aliphatic hydroxyl groups excluding tert-OH is 1. The minimum atomic E-state index is 0. The van der Waals surface area contributed by atoms with Gasteiger partial charge in [0, 0.05) is 77.7 Å². The van der Waals surface area contributed by atoms with Crippen LogP contribution in [-0.4, -0.2) is 15.9 Å². The molecule has 0 saturated carbocycles. The van der Waals surface area contributed by atoms with E-state index in [-0.39, 0.29) is 43.5 Å². The molecule has 0 aliphatic carbocycles. The summed E-state index contributed by atoms with van der Waals surface area (Å²) in [6.45, 7) is 10.2. The zero-order valence-corrected chi connectivity index (χ0v) is 28.6. The summed E-state index contributed by atoms with van der Waals surface area (Å²) in [6.07, 6.45) is 6.91. The van der Waals surface area contributed by atoms with Crippen LogP contribution in [0.1, 0.15) is 58.9 Å². The number of fused-ring (bicyclic) bond motifs is 4. The molecule has 229 valence electrons. The molecular formula is C39H41IrN2O2-. The summed E-state index contributed by atoms with van der Waals surface area (Å²) in [7, 11) is 0. The molecule has 1 aromatic heterocycles. The van der Waals surface area contributed by atoms with Gasteiger partial charge in [-0.2, -0.15) is 0 Å². The first-order valence-corrected chi connectivity index (χ1v) is 15.5. The average Bonchev–Trinajstić information content (AvgIpc) is 3.03. The predicted molar refractivity (Wildman–Crippen MR) is 180 cm³/mol. The van der Waals surface area contributed by atoms with E-state index in [0.29, 0.717) is 0 Å². The molecule has 2 heterocycles. The molecule has 44 heavy (non-hydrogen) atoms. The Bertz CT molecular complexity index is 1770. The first kappa shape index (κ1) is 33.1. The first-order valence-electron chi connectivity index (χ1n) is 15.5. The van der Waals surface area contributed by atoms with Gasteiger partial charge in [0.25, 0.3) is 0 Å². The number of benzene rings is 4. The Labute approximate surface area is 275 Å². The van der Waals surface area contributed by atoms with Crippen LogP contribution in [0.3, 0.4) is 0 Å². The number of pyridine rings is 1. The summed E-state index contributed by atoms with van der Waals surface area (Å²) in [6, 6.07) is 31.1. The van der Waals surface area contributed by atoms with E-state index in [0.717, 1.165) is 48.3 Å². The summed E-state index contributed by atoms with van der Waals surface area (Å²) in [4.78, 5) is 19.0. The summed E-state index contributed by atoms with van der Waals surface area (Å²) >= 11 is 0. The van der Waals surface area contributed by atoms with Crippen LogP contribution < -0.4 is 4.90 Å². The fourth-order valence-electron chi connectivity index (χ4n) is 6.16. The van der Waals surface area contributed by atoms with Gasteiger partial charge in [-0.15, -0.1) is 23.8 Å². The smallest absolute Gasteiger partial charge is 0.162 e. The van der Waals surface area contributed by atoms with Crippen molar-refractivity contribution < 1.29 is 30.0 Å². The van der Waals surface area contributed by atoms with Crippen LogP contribution in [0, 0.1) is 24.8 Å². The molecule has 4 aromatic carbocycles. The number of carbonyl (C=O) groups is 1. The average molecular weight is 762 g/mol. The van der Waals surface area contributed by atoms with Crippen molar-refractivity contribution in [2.45, 2.75) is 60.3 Å². The largest absolute Gasteiger partial charge is 0.512 e. The third-order valence-electron chi connectivity index (χ3n) is 8.74. The van der Waals surface area contributed by atoms with Gasteiger partial charge in [0.2, 0.25) is 0 Å². The van der Waals surface area contributed by atoms with Gasteiger partial charge in [-0.25, -0.2) is 0 Å². The summed E-state index contributed by atoms with van der Waals surface area (Å²) in [5.74, 6) is 0.547. The second-order valence-electron chi connectivity index (χ2n) is 11.3. The Morgan fingerprint density at radius 2 is 1.55 bits per heavy atom. The molecule has 0 bridgehead atoms. The standard InChI is InChI=1S/C26H17N2.C13H24O2.Ir/c1-17-8-5-13-20-22(17)16-27-25-21-14-6-9-18-10-7-15-23(24(18)21)28(26(20)25)19-11-3-2-4-12-19;1-5-10(6-2)12(14)9-13(15)11(7-3)8-4;/h2-13,15-16H,1H3;9-11,14H,5-8H2,1-4H3;/q-1;;/b;12-9-;. The number of aromatic nitrogens is 1. The molecule has 0 fully saturated rings. The van der Waals surface area contributed by atoms with Crippen molar-refractivity contribution in [3.63, 3.8) is 0 Å². The van der Waals surface area contributed by atoms with Crippen LogP contribution in [0.5, 0.6) is 0 Å². The van der Waals surface area contributed by atoms with E-state index in [9.17, 15) is 9.90 Å². The maximum Gasteiger partial charge on any atom is 0.162 e. The molecule has 0 atom stereocenters. The number of hydrogen-bond donors (Lipinski definition) is 1. The number of hydrogen-bond acceptors (Lipinski definition) is 4. The van der Waals surface area contributed by atoms with Gasteiger partial charge in [-0.05, 0) is 56.4 Å². The van der Waals surface area contributed by atoms with Gasteiger partial charge in [-0.3, -0.25) is 4.79 Å². The molecule has 1 aliphatic heterocycles. The van der Waals surface area contributed by atoms with Crippen LogP contribution >= 0.6 is 0 Å². The van der Waals surface area contributed by atoms with Gasteiger partial charge in [-0.1, -0.05) is 87.0 Å². The third kappa shape index (κ3) is 6.36. The Morgan fingerprint density at radius 1 is 0.864 bits per heavy atom. The molecule has 1 radical (unpaired) electrons. The number of para-hydroxylation sites is 1. The first-order chi connectivity index (χ1) is 20.9. The van der Waals surface area contributed by atoms with Gasteiger partial charge >= 0.3 is 0 Å². The van der Waals surface area contributed by atoms with E-state index in [1.807, 2.05) is 40.0 Å². The summed E-state index contributed by atoms with van der Waals surface area (Å²) < 4.78 is 0. The Hall–Kier alpha value is -3.79. The number of anilines is 3. The molecule has 0 amide bonds. The Morgan fingerprint density at radius 3 is 2.23 bits per heavy atom. The van der Waals surface area contributed by atoms with Crippen molar-refractivity contribution >= 4 is 44.4 Å². The molecular weight excluding hydrogens is 721 g/mol. The third-order valence-corrected chi connectivity index (χ3v) is 8.74. The quantitative estimate of drug-likeness (QED) is 0.0953. The van der Waals surface area contributed by atoms with Crippen LogP contribution in [0.25, 0.3) is 32.8 Å². The Kier molecular flexibility index (Phi) is 11.1. The van der Waals surface area contributed by atoms with E-state index in [1.165, 1.54) is 38.9 Å². The van der Waals surface area contributed by atoms with Crippen molar-refractivity contribution in [2.24, 2.45) is 11.8 Å². The molecule has 1 aliphatic rings. The number of carbonyl (C=O) groups excluding carboxylic acids is 1. The normalized spacial score (nSPS) is 12.2. The zero-order chi connectivity index (χ0) is 30.5. The van der Waals surface area contributed by atoms with E-state index < -0.39 is 0 Å². The van der Waals surface area contributed by atoms with Crippen molar-refractivity contribution in [1.82, 2.24) is 4.98 Å². The minimum absolute atomic E-state index is 0. The van der Waals surface area contributed by atoms with E-state index >= 15 is 0 Å². The molecule has 1 N–H and O–H groups in total. The van der Waals surface area contributed by atoms with E-state index in [2.05, 4.69) is 90.7 Å². The fraction of sp³-hybridized carbons (Fsp3) is 0.282. The Balaban J connectivity index is 0.000000239. The van der Waals surface area contributed by atoms with Gasteiger partial charge < -0.3 is 15.0 Å². The van der Waals surface area contributed by atoms with Gasteiger partial charge in [0.1, 0.15) is 0 Å². The fourth-order valence-corrected chi connectivity index (χ4v) is 6.16. The van der Waals surface area contributed by atoms with Gasteiger partial charge in [0.15, 0.2) is 5.78 Å². The second-order valence-corrected chi connectivity index (χ2v) is 11.3. The molecule has 5 heteroatoms. The van der Waals surface area contributed by atoms with Crippen LogP contribution in [0.4, 0.5) is 17.1 Å². The number of nitrogens with zero attached hydrogens (tertiary/aromatic N) is 2. The maximum absolute atomic E-state index is 11.7. The topological polar surface area (TPSA) is 53.4 Å². The molecule has 0 spiro atoms. The molecule has 0 unspecified atom stereocenters.